The highest BCUT2D eigenvalue weighted by atomic mass is 127. The molecule has 0 aliphatic heterocycles. The van der Waals surface area contributed by atoms with E-state index in [1.165, 1.54) is 12.1 Å². The standard InChI is InChI=1S/C13H12FIO4/c1-3-18-13(17)11(16)7-12(19-15)9-4-8(2)5-10(14)6-9/h4-7H,3H2,1-2H3/b12-7-. The van der Waals surface area contributed by atoms with E-state index in [-0.39, 0.29) is 12.4 Å². The Morgan fingerprint density at radius 2 is 2.05 bits per heavy atom. The van der Waals surface area contributed by atoms with Crippen molar-refractivity contribution in [2.45, 2.75) is 13.8 Å². The van der Waals surface area contributed by atoms with Gasteiger partial charge >= 0.3 is 5.97 Å². The van der Waals surface area contributed by atoms with Crippen molar-refractivity contribution in [3.8, 4) is 0 Å². The number of benzene rings is 1. The predicted octanol–water partition coefficient (Wildman–Crippen LogP) is 2.97. The van der Waals surface area contributed by atoms with E-state index in [1.54, 1.807) is 42.9 Å². The van der Waals surface area contributed by atoms with Crippen LogP contribution in [0.3, 0.4) is 0 Å². The number of ketones is 1. The first kappa shape index (κ1) is 15.6. The molecule has 6 heteroatoms. The van der Waals surface area contributed by atoms with Crippen molar-refractivity contribution in [1.29, 1.82) is 0 Å². The lowest BCUT2D eigenvalue weighted by molar-refractivity contribution is -0.151. The zero-order valence-corrected chi connectivity index (χ0v) is 12.6. The average Bonchev–Trinajstić information content (AvgIpc) is 2.34. The summed E-state index contributed by atoms with van der Waals surface area (Å²) in [5.74, 6) is -2.17. The van der Waals surface area contributed by atoms with E-state index in [2.05, 4.69) is 4.74 Å². The second-order valence-corrected chi connectivity index (χ2v) is 4.13. The van der Waals surface area contributed by atoms with E-state index in [4.69, 9.17) is 3.07 Å². The van der Waals surface area contributed by atoms with Crippen LogP contribution in [0.4, 0.5) is 4.39 Å². The largest absolute Gasteiger partial charge is 0.460 e. The molecule has 0 saturated heterocycles. The molecule has 0 spiro atoms. The van der Waals surface area contributed by atoms with Gasteiger partial charge < -0.3 is 7.80 Å². The Bertz CT molecular complexity index is 505. The summed E-state index contributed by atoms with van der Waals surface area (Å²) in [6.45, 7) is 3.42. The lowest BCUT2D eigenvalue weighted by Crippen LogP contribution is -2.15. The van der Waals surface area contributed by atoms with Gasteiger partial charge in [-0.2, -0.15) is 0 Å². The molecule has 0 atom stereocenters. The molecule has 0 N–H and O–H groups in total. The highest BCUT2D eigenvalue weighted by Crippen LogP contribution is 2.21. The molecule has 4 nitrogen and oxygen atoms in total. The molecular formula is C13H12FIO4. The maximum atomic E-state index is 13.3. The van der Waals surface area contributed by atoms with Gasteiger partial charge in [0.1, 0.15) is 11.6 Å². The molecule has 0 aliphatic carbocycles. The Hall–Kier alpha value is -1.44. The van der Waals surface area contributed by atoms with Crippen LogP contribution in [0.15, 0.2) is 24.3 Å². The predicted molar refractivity (Wildman–Crippen MR) is 75.9 cm³/mol. The van der Waals surface area contributed by atoms with Gasteiger partial charge in [-0.25, -0.2) is 9.18 Å². The van der Waals surface area contributed by atoms with E-state index in [1.807, 2.05) is 0 Å². The second-order valence-electron chi connectivity index (χ2n) is 3.69. The summed E-state index contributed by atoms with van der Waals surface area (Å²) in [7, 11) is 0. The van der Waals surface area contributed by atoms with Crippen molar-refractivity contribution >= 4 is 40.5 Å². The van der Waals surface area contributed by atoms with E-state index in [0.29, 0.717) is 11.1 Å². The topological polar surface area (TPSA) is 52.6 Å². The van der Waals surface area contributed by atoms with Crippen LogP contribution in [0.5, 0.6) is 0 Å². The number of carbonyl (C=O) groups excluding carboxylic acids is 2. The van der Waals surface area contributed by atoms with Crippen LogP contribution in [0, 0.1) is 12.7 Å². The van der Waals surface area contributed by atoms with E-state index in [0.717, 1.165) is 6.08 Å². The Morgan fingerprint density at radius 1 is 1.37 bits per heavy atom. The summed E-state index contributed by atoms with van der Waals surface area (Å²) < 4.78 is 22.8. The fourth-order valence-corrected chi connectivity index (χ4v) is 1.79. The molecule has 1 rings (SSSR count). The van der Waals surface area contributed by atoms with Gasteiger partial charge in [-0.05, 0) is 37.6 Å². The SMILES string of the molecule is CCOC(=O)C(=O)/C=C(\OI)c1cc(C)cc(F)c1. The molecule has 1 aromatic rings. The Balaban J connectivity index is 3.05. The third kappa shape index (κ3) is 4.62. The zero-order chi connectivity index (χ0) is 14.4. The van der Waals surface area contributed by atoms with Crippen LogP contribution in [0.25, 0.3) is 5.76 Å². The first-order valence-electron chi connectivity index (χ1n) is 5.46. The van der Waals surface area contributed by atoms with E-state index >= 15 is 0 Å². The summed E-state index contributed by atoms with van der Waals surface area (Å²) in [6.07, 6.45) is 0.985. The van der Waals surface area contributed by atoms with Crippen LogP contribution < -0.4 is 0 Å². The summed E-state index contributed by atoms with van der Waals surface area (Å²) in [5.41, 5.74) is 1.06. The molecule has 0 saturated carbocycles. The second kappa shape index (κ2) is 7.22. The average molecular weight is 378 g/mol. The summed E-state index contributed by atoms with van der Waals surface area (Å²) in [4.78, 5) is 22.7. The number of aryl methyl sites for hydroxylation is 1. The van der Waals surface area contributed by atoms with Gasteiger partial charge in [0.15, 0.2) is 23.0 Å². The number of rotatable bonds is 5. The fourth-order valence-electron chi connectivity index (χ4n) is 1.41. The Labute approximate surface area is 124 Å². The maximum Gasteiger partial charge on any atom is 0.379 e. The minimum absolute atomic E-state index is 0.0984. The highest BCUT2D eigenvalue weighted by molar-refractivity contribution is 14.1. The first-order chi connectivity index (χ1) is 8.97. The molecular weight excluding hydrogens is 366 g/mol. The summed E-state index contributed by atoms with van der Waals surface area (Å²) >= 11 is 1.56. The summed E-state index contributed by atoms with van der Waals surface area (Å²) in [6, 6.07) is 4.21. The van der Waals surface area contributed by atoms with Crippen molar-refractivity contribution in [3.63, 3.8) is 0 Å². The molecule has 102 valence electrons. The third-order valence-corrected chi connectivity index (χ3v) is 2.62. The lowest BCUT2D eigenvalue weighted by Gasteiger charge is -2.05. The van der Waals surface area contributed by atoms with Crippen molar-refractivity contribution in [1.82, 2.24) is 0 Å². The zero-order valence-electron chi connectivity index (χ0n) is 10.4. The molecule has 0 heterocycles. The molecule has 1 aromatic carbocycles. The van der Waals surface area contributed by atoms with Crippen LogP contribution in [0.1, 0.15) is 18.1 Å². The monoisotopic (exact) mass is 378 g/mol. The lowest BCUT2D eigenvalue weighted by atomic mass is 10.1. The van der Waals surface area contributed by atoms with Crippen LogP contribution in [0.2, 0.25) is 0 Å². The number of hydrogen-bond acceptors (Lipinski definition) is 4. The number of hydrogen-bond donors (Lipinski definition) is 0. The van der Waals surface area contributed by atoms with E-state index in [9.17, 15) is 14.0 Å². The van der Waals surface area contributed by atoms with Crippen molar-refractivity contribution in [2.75, 3.05) is 6.61 Å². The van der Waals surface area contributed by atoms with Gasteiger partial charge in [-0.15, -0.1) is 0 Å². The normalized spacial score (nSPS) is 11.1. The van der Waals surface area contributed by atoms with Gasteiger partial charge in [0.05, 0.1) is 6.61 Å². The van der Waals surface area contributed by atoms with Crippen molar-refractivity contribution in [2.24, 2.45) is 0 Å². The Morgan fingerprint density at radius 3 is 2.58 bits per heavy atom. The summed E-state index contributed by atoms with van der Waals surface area (Å²) in [5, 5.41) is 0. The molecule has 0 aliphatic rings. The molecule has 0 amide bonds. The molecule has 0 unspecified atom stereocenters. The fraction of sp³-hybridized carbons (Fsp3) is 0.231. The smallest absolute Gasteiger partial charge is 0.379 e. The van der Waals surface area contributed by atoms with Gasteiger partial charge in [0, 0.05) is 11.6 Å². The minimum atomic E-state index is -0.971. The van der Waals surface area contributed by atoms with Gasteiger partial charge in [-0.3, -0.25) is 4.79 Å². The maximum absolute atomic E-state index is 13.3. The molecule has 0 bridgehead atoms. The number of esters is 1. The number of halogens is 2. The molecule has 0 aromatic heterocycles. The third-order valence-electron chi connectivity index (χ3n) is 2.15. The van der Waals surface area contributed by atoms with Crippen LogP contribution >= 0.6 is 23.0 Å². The Kier molecular flexibility index (Phi) is 5.94. The first-order valence-corrected chi connectivity index (χ1v) is 6.35. The molecule has 0 radical (unpaired) electrons. The number of ether oxygens (including phenoxy) is 1. The van der Waals surface area contributed by atoms with Gasteiger partial charge in [-0.1, -0.05) is 0 Å². The van der Waals surface area contributed by atoms with Gasteiger partial charge in [0.2, 0.25) is 0 Å². The van der Waals surface area contributed by atoms with E-state index < -0.39 is 17.6 Å². The quantitative estimate of drug-likeness (QED) is 0.260. The van der Waals surface area contributed by atoms with Crippen LogP contribution in [-0.2, 0) is 17.4 Å². The van der Waals surface area contributed by atoms with Gasteiger partial charge in [0.25, 0.3) is 5.78 Å². The number of carbonyl (C=O) groups is 2. The highest BCUT2D eigenvalue weighted by Gasteiger charge is 2.15. The van der Waals surface area contributed by atoms with Crippen LogP contribution in [-0.4, -0.2) is 18.4 Å². The molecule has 19 heavy (non-hydrogen) atoms. The molecule has 0 fully saturated rings. The van der Waals surface area contributed by atoms with Crippen molar-refractivity contribution in [3.05, 3.63) is 41.2 Å². The van der Waals surface area contributed by atoms with Crippen molar-refractivity contribution < 1.29 is 21.8 Å². The minimum Gasteiger partial charge on any atom is -0.460 e.